The lowest BCUT2D eigenvalue weighted by Gasteiger charge is -2.14. The molecule has 4 heteroatoms. The molecule has 1 aromatic carbocycles. The van der Waals surface area contributed by atoms with Gasteiger partial charge in [-0.1, -0.05) is 0 Å². The number of fused-ring (bicyclic) bond motifs is 1. The van der Waals surface area contributed by atoms with Crippen LogP contribution in [0, 0.1) is 16.7 Å². The standard InChI is InChI=1S/C16H21NO2S/c1-16(2,12-17)7-3-10-20-13-5-6-14-15(11-13)19-9-4-8-18-14/h5-6,11H,3-4,7-10H2,1-2H3. The van der Waals surface area contributed by atoms with E-state index in [-0.39, 0.29) is 5.41 Å². The average Bonchev–Trinajstić information content (AvgIpc) is 2.68. The predicted molar refractivity (Wildman–Crippen MR) is 81.4 cm³/mol. The molecule has 0 saturated heterocycles. The van der Waals surface area contributed by atoms with Gasteiger partial charge in [-0.05, 0) is 50.6 Å². The Kier molecular flexibility index (Phi) is 5.19. The second kappa shape index (κ2) is 6.90. The highest BCUT2D eigenvalue weighted by atomic mass is 32.2. The second-order valence-electron chi connectivity index (χ2n) is 5.61. The Morgan fingerprint density at radius 3 is 2.75 bits per heavy atom. The highest BCUT2D eigenvalue weighted by Crippen LogP contribution is 2.34. The number of hydrogen-bond donors (Lipinski definition) is 0. The molecule has 0 bridgehead atoms. The van der Waals surface area contributed by atoms with Crippen molar-refractivity contribution in [3.63, 3.8) is 0 Å². The van der Waals surface area contributed by atoms with Gasteiger partial charge in [-0.15, -0.1) is 11.8 Å². The molecular formula is C16H21NO2S. The summed E-state index contributed by atoms with van der Waals surface area (Å²) in [5.41, 5.74) is -0.217. The smallest absolute Gasteiger partial charge is 0.162 e. The van der Waals surface area contributed by atoms with Crippen molar-refractivity contribution in [1.29, 1.82) is 5.26 Å². The van der Waals surface area contributed by atoms with E-state index in [1.807, 2.05) is 19.9 Å². The lowest BCUT2D eigenvalue weighted by Crippen LogP contribution is -2.07. The lowest BCUT2D eigenvalue weighted by molar-refractivity contribution is 0.297. The third-order valence-electron chi connectivity index (χ3n) is 3.24. The number of ether oxygens (including phenoxy) is 2. The first-order chi connectivity index (χ1) is 9.61. The van der Waals surface area contributed by atoms with Gasteiger partial charge in [-0.25, -0.2) is 0 Å². The van der Waals surface area contributed by atoms with Crippen LogP contribution >= 0.6 is 11.8 Å². The van der Waals surface area contributed by atoms with E-state index >= 15 is 0 Å². The first-order valence-corrected chi connectivity index (χ1v) is 8.03. The monoisotopic (exact) mass is 291 g/mol. The van der Waals surface area contributed by atoms with Gasteiger partial charge in [0, 0.05) is 11.3 Å². The number of hydrogen-bond acceptors (Lipinski definition) is 4. The highest BCUT2D eigenvalue weighted by Gasteiger charge is 2.16. The second-order valence-corrected chi connectivity index (χ2v) is 6.78. The van der Waals surface area contributed by atoms with Crippen molar-refractivity contribution in [1.82, 2.24) is 0 Å². The molecule has 0 spiro atoms. The van der Waals surface area contributed by atoms with Gasteiger partial charge in [0.05, 0.1) is 24.7 Å². The fraction of sp³-hybridized carbons (Fsp3) is 0.562. The van der Waals surface area contributed by atoms with Crippen LogP contribution in [0.4, 0.5) is 0 Å². The highest BCUT2D eigenvalue weighted by molar-refractivity contribution is 7.99. The summed E-state index contributed by atoms with van der Waals surface area (Å²) in [6, 6.07) is 8.46. The fourth-order valence-corrected chi connectivity index (χ4v) is 2.87. The molecule has 0 N–H and O–H groups in total. The molecule has 0 radical (unpaired) electrons. The fourth-order valence-electron chi connectivity index (χ4n) is 1.99. The molecule has 20 heavy (non-hydrogen) atoms. The number of nitriles is 1. The summed E-state index contributed by atoms with van der Waals surface area (Å²) in [5.74, 6) is 2.72. The van der Waals surface area contributed by atoms with E-state index in [9.17, 15) is 0 Å². The molecule has 0 saturated carbocycles. The summed E-state index contributed by atoms with van der Waals surface area (Å²) in [5, 5.41) is 8.98. The zero-order chi connectivity index (χ0) is 14.4. The molecule has 1 heterocycles. The maximum atomic E-state index is 8.98. The Labute approximate surface area is 125 Å². The van der Waals surface area contributed by atoms with Crippen LogP contribution in [0.15, 0.2) is 23.1 Å². The van der Waals surface area contributed by atoms with Crippen LogP contribution in [0.3, 0.4) is 0 Å². The van der Waals surface area contributed by atoms with Crippen LogP contribution in [0.25, 0.3) is 0 Å². The molecule has 0 aromatic heterocycles. The molecule has 1 aromatic rings. The molecule has 0 amide bonds. The van der Waals surface area contributed by atoms with Gasteiger partial charge in [0.15, 0.2) is 11.5 Å². The van der Waals surface area contributed by atoms with Crippen molar-refractivity contribution in [3.8, 4) is 17.6 Å². The summed E-state index contributed by atoms with van der Waals surface area (Å²) in [6.07, 6.45) is 2.90. The molecule has 108 valence electrons. The van der Waals surface area contributed by atoms with Crippen LogP contribution in [0.5, 0.6) is 11.5 Å². The van der Waals surface area contributed by atoms with Gasteiger partial charge in [0.2, 0.25) is 0 Å². The lowest BCUT2D eigenvalue weighted by atomic mass is 9.90. The predicted octanol–water partition coefficient (Wildman–Crippen LogP) is 4.27. The SMILES string of the molecule is CC(C)(C#N)CCCSc1ccc2c(c1)OCCCO2. The van der Waals surface area contributed by atoms with Crippen molar-refractivity contribution in [2.75, 3.05) is 19.0 Å². The van der Waals surface area contributed by atoms with E-state index in [0.29, 0.717) is 0 Å². The topological polar surface area (TPSA) is 42.2 Å². The van der Waals surface area contributed by atoms with Gasteiger partial charge in [-0.2, -0.15) is 5.26 Å². The molecule has 1 aliphatic heterocycles. The number of rotatable bonds is 5. The Hall–Kier alpha value is -1.34. The first-order valence-electron chi connectivity index (χ1n) is 7.04. The maximum Gasteiger partial charge on any atom is 0.162 e. The van der Waals surface area contributed by atoms with Gasteiger partial charge in [-0.3, -0.25) is 0 Å². The normalized spacial score (nSPS) is 14.4. The summed E-state index contributed by atoms with van der Waals surface area (Å²) in [6.45, 7) is 5.43. The molecule has 3 nitrogen and oxygen atoms in total. The summed E-state index contributed by atoms with van der Waals surface area (Å²) >= 11 is 1.81. The van der Waals surface area contributed by atoms with Crippen LogP contribution < -0.4 is 9.47 Å². The van der Waals surface area contributed by atoms with Gasteiger partial charge in [0.1, 0.15) is 0 Å². The molecule has 0 unspecified atom stereocenters. The van der Waals surface area contributed by atoms with Crippen molar-refractivity contribution < 1.29 is 9.47 Å². The Bertz CT molecular complexity index is 494. The summed E-state index contributed by atoms with van der Waals surface area (Å²) < 4.78 is 11.3. The third kappa shape index (κ3) is 4.35. The van der Waals surface area contributed by atoms with Crippen LogP contribution in [-0.4, -0.2) is 19.0 Å². The summed E-state index contributed by atoms with van der Waals surface area (Å²) in [4.78, 5) is 1.20. The number of thioether (sulfide) groups is 1. The van der Waals surface area contributed by atoms with Crippen LogP contribution in [0.1, 0.15) is 33.1 Å². The van der Waals surface area contributed by atoms with E-state index < -0.39 is 0 Å². The van der Waals surface area contributed by atoms with Crippen molar-refractivity contribution >= 4 is 11.8 Å². The quantitative estimate of drug-likeness (QED) is 0.600. The van der Waals surface area contributed by atoms with E-state index in [1.54, 1.807) is 11.8 Å². The number of nitrogens with zero attached hydrogens (tertiary/aromatic N) is 1. The molecule has 0 aliphatic carbocycles. The Morgan fingerprint density at radius 1 is 1.25 bits per heavy atom. The zero-order valence-electron chi connectivity index (χ0n) is 12.1. The molecule has 2 rings (SSSR count). The largest absolute Gasteiger partial charge is 0.490 e. The maximum absolute atomic E-state index is 8.98. The zero-order valence-corrected chi connectivity index (χ0v) is 13.0. The van der Waals surface area contributed by atoms with Gasteiger partial charge >= 0.3 is 0 Å². The number of benzene rings is 1. The Balaban J connectivity index is 1.85. The van der Waals surface area contributed by atoms with E-state index in [1.165, 1.54) is 4.90 Å². The molecular weight excluding hydrogens is 270 g/mol. The minimum Gasteiger partial charge on any atom is -0.490 e. The van der Waals surface area contributed by atoms with Gasteiger partial charge < -0.3 is 9.47 Å². The van der Waals surface area contributed by atoms with E-state index in [2.05, 4.69) is 18.2 Å². The average molecular weight is 291 g/mol. The molecule has 1 aliphatic rings. The summed E-state index contributed by atoms with van der Waals surface area (Å²) in [7, 11) is 0. The van der Waals surface area contributed by atoms with Crippen molar-refractivity contribution in [2.24, 2.45) is 5.41 Å². The van der Waals surface area contributed by atoms with Crippen molar-refractivity contribution in [3.05, 3.63) is 18.2 Å². The molecule has 0 atom stereocenters. The minimum absolute atomic E-state index is 0.217. The first kappa shape index (κ1) is 15.1. The Morgan fingerprint density at radius 2 is 2.00 bits per heavy atom. The van der Waals surface area contributed by atoms with Gasteiger partial charge in [0.25, 0.3) is 0 Å². The van der Waals surface area contributed by atoms with E-state index in [4.69, 9.17) is 14.7 Å². The minimum atomic E-state index is -0.217. The van der Waals surface area contributed by atoms with Crippen LogP contribution in [-0.2, 0) is 0 Å². The van der Waals surface area contributed by atoms with E-state index in [0.717, 1.165) is 49.7 Å². The third-order valence-corrected chi connectivity index (χ3v) is 4.32. The molecule has 0 fully saturated rings. The van der Waals surface area contributed by atoms with Crippen LogP contribution in [0.2, 0.25) is 0 Å². The van der Waals surface area contributed by atoms with Crippen molar-refractivity contribution in [2.45, 2.75) is 38.0 Å².